The molecule has 2 atom stereocenters. The van der Waals surface area contributed by atoms with Crippen LogP contribution in [0.4, 0.5) is 0 Å². The molecule has 1 aliphatic rings. The highest BCUT2D eigenvalue weighted by Crippen LogP contribution is 2.23. The van der Waals surface area contributed by atoms with Gasteiger partial charge in [-0.05, 0) is 39.2 Å². The van der Waals surface area contributed by atoms with Gasteiger partial charge in [0.1, 0.15) is 0 Å². The fourth-order valence-electron chi connectivity index (χ4n) is 3.14. The van der Waals surface area contributed by atoms with Crippen molar-refractivity contribution in [1.82, 2.24) is 4.90 Å². The summed E-state index contributed by atoms with van der Waals surface area (Å²) in [6, 6.07) is 0. The van der Waals surface area contributed by atoms with Crippen LogP contribution in [0, 0.1) is 5.92 Å². The first kappa shape index (κ1) is 18.4. The lowest BCUT2D eigenvalue weighted by molar-refractivity contribution is -0.167. The molecule has 124 valence electrons. The molecule has 21 heavy (non-hydrogen) atoms. The van der Waals surface area contributed by atoms with Crippen LogP contribution in [-0.2, 0) is 9.53 Å². The van der Waals surface area contributed by atoms with Crippen molar-refractivity contribution in [3.8, 4) is 0 Å². The van der Waals surface area contributed by atoms with Crippen molar-refractivity contribution in [1.29, 1.82) is 0 Å². The second-order valence-electron chi connectivity index (χ2n) is 6.73. The number of ether oxygens (including phenoxy) is 1. The largest absolute Gasteiger partial charge is 0.394 e. The molecule has 0 aliphatic carbocycles. The van der Waals surface area contributed by atoms with Crippen LogP contribution in [0.2, 0.25) is 0 Å². The maximum Gasteiger partial charge on any atom is 0.222 e. The minimum absolute atomic E-state index is 0.0428. The normalized spacial score (nSPS) is 23.1. The molecule has 0 bridgehead atoms. The Hall–Kier alpha value is -0.650. The summed E-state index contributed by atoms with van der Waals surface area (Å²) in [5.41, 5.74) is 5.25. The maximum absolute atomic E-state index is 12.4. The van der Waals surface area contributed by atoms with E-state index in [-0.39, 0.29) is 24.2 Å². The van der Waals surface area contributed by atoms with Crippen molar-refractivity contribution >= 4 is 5.91 Å². The van der Waals surface area contributed by atoms with Crippen LogP contribution in [0.1, 0.15) is 52.9 Å². The van der Waals surface area contributed by atoms with Crippen LogP contribution in [0.3, 0.4) is 0 Å². The van der Waals surface area contributed by atoms with E-state index in [0.29, 0.717) is 32.0 Å². The first-order valence-electron chi connectivity index (χ1n) is 8.18. The number of nitrogens with two attached hydrogens (primary N) is 1. The van der Waals surface area contributed by atoms with Crippen molar-refractivity contribution in [2.75, 3.05) is 26.2 Å². The predicted molar refractivity (Wildman–Crippen MR) is 83.9 cm³/mol. The summed E-state index contributed by atoms with van der Waals surface area (Å²) in [7, 11) is 0. The summed E-state index contributed by atoms with van der Waals surface area (Å²) >= 11 is 0. The van der Waals surface area contributed by atoms with Gasteiger partial charge in [-0.2, -0.15) is 0 Å². The molecule has 1 heterocycles. The molecule has 0 saturated carbocycles. The Labute approximate surface area is 128 Å². The Morgan fingerprint density at radius 2 is 2.14 bits per heavy atom. The van der Waals surface area contributed by atoms with Crippen molar-refractivity contribution in [3.63, 3.8) is 0 Å². The second kappa shape index (κ2) is 8.71. The number of hydrogen-bond acceptors (Lipinski definition) is 4. The zero-order valence-electron chi connectivity index (χ0n) is 13.8. The summed E-state index contributed by atoms with van der Waals surface area (Å²) in [6.07, 6.45) is 4.47. The van der Waals surface area contributed by atoms with Gasteiger partial charge in [-0.1, -0.05) is 19.8 Å². The highest BCUT2D eigenvalue weighted by molar-refractivity contribution is 5.76. The average molecular weight is 300 g/mol. The fourth-order valence-corrected chi connectivity index (χ4v) is 3.14. The summed E-state index contributed by atoms with van der Waals surface area (Å²) in [4.78, 5) is 14.3. The van der Waals surface area contributed by atoms with Crippen LogP contribution in [0.25, 0.3) is 0 Å². The molecule has 1 amide bonds. The van der Waals surface area contributed by atoms with Gasteiger partial charge in [-0.3, -0.25) is 4.79 Å². The summed E-state index contributed by atoms with van der Waals surface area (Å²) in [6.45, 7) is 7.83. The first-order valence-corrected chi connectivity index (χ1v) is 8.18. The zero-order chi connectivity index (χ0) is 15.9. The molecule has 0 radical (unpaired) electrons. The smallest absolute Gasteiger partial charge is 0.222 e. The van der Waals surface area contributed by atoms with E-state index in [2.05, 4.69) is 6.92 Å². The molecule has 0 aromatic heterocycles. The lowest BCUT2D eigenvalue weighted by Gasteiger charge is -2.42. The van der Waals surface area contributed by atoms with E-state index in [1.54, 1.807) is 0 Å². The fraction of sp³-hybridized carbons (Fsp3) is 0.938. The van der Waals surface area contributed by atoms with Gasteiger partial charge < -0.3 is 20.5 Å². The van der Waals surface area contributed by atoms with Crippen LogP contribution in [0.5, 0.6) is 0 Å². The van der Waals surface area contributed by atoms with E-state index < -0.39 is 0 Å². The predicted octanol–water partition coefficient (Wildman–Crippen LogP) is 1.53. The van der Waals surface area contributed by atoms with Crippen molar-refractivity contribution in [2.24, 2.45) is 11.7 Å². The van der Waals surface area contributed by atoms with Gasteiger partial charge in [0.2, 0.25) is 5.91 Å². The SMILES string of the molecule is CCCC(CCN)CCC(=O)N1CC(CO)OC(C)(C)C1. The van der Waals surface area contributed by atoms with Crippen LogP contribution < -0.4 is 5.73 Å². The topological polar surface area (TPSA) is 75.8 Å². The zero-order valence-corrected chi connectivity index (χ0v) is 13.8. The highest BCUT2D eigenvalue weighted by atomic mass is 16.5. The monoisotopic (exact) mass is 300 g/mol. The van der Waals surface area contributed by atoms with E-state index in [9.17, 15) is 9.90 Å². The van der Waals surface area contributed by atoms with Crippen LogP contribution in [0.15, 0.2) is 0 Å². The molecule has 5 heteroatoms. The van der Waals surface area contributed by atoms with Crippen molar-refractivity contribution in [3.05, 3.63) is 0 Å². The van der Waals surface area contributed by atoms with Gasteiger partial charge in [-0.15, -0.1) is 0 Å². The summed E-state index contributed by atoms with van der Waals surface area (Å²) in [5, 5.41) is 9.30. The molecule has 1 rings (SSSR count). The number of amides is 1. The van der Waals surface area contributed by atoms with E-state index in [4.69, 9.17) is 10.5 Å². The molecule has 1 fully saturated rings. The van der Waals surface area contributed by atoms with E-state index >= 15 is 0 Å². The summed E-state index contributed by atoms with van der Waals surface area (Å²) in [5.74, 6) is 0.717. The molecular weight excluding hydrogens is 268 g/mol. The number of hydrogen-bond donors (Lipinski definition) is 2. The third-order valence-electron chi connectivity index (χ3n) is 4.08. The molecular formula is C16H32N2O3. The first-order chi connectivity index (χ1) is 9.91. The lowest BCUT2D eigenvalue weighted by atomic mass is 9.94. The number of morpholine rings is 1. The molecule has 1 aliphatic heterocycles. The molecule has 5 nitrogen and oxygen atoms in total. The third-order valence-corrected chi connectivity index (χ3v) is 4.08. The van der Waals surface area contributed by atoms with Crippen LogP contribution in [-0.4, -0.2) is 53.9 Å². The highest BCUT2D eigenvalue weighted by Gasteiger charge is 2.35. The van der Waals surface area contributed by atoms with Gasteiger partial charge in [0.05, 0.1) is 18.3 Å². The third kappa shape index (κ3) is 6.32. The number of aliphatic hydroxyl groups excluding tert-OH is 1. The lowest BCUT2D eigenvalue weighted by Crippen LogP contribution is -2.55. The van der Waals surface area contributed by atoms with Crippen molar-refractivity contribution in [2.45, 2.75) is 64.6 Å². The number of carbonyl (C=O) groups is 1. The second-order valence-corrected chi connectivity index (χ2v) is 6.73. The average Bonchev–Trinajstić information content (AvgIpc) is 2.43. The van der Waals surface area contributed by atoms with E-state index in [1.807, 2.05) is 18.7 Å². The van der Waals surface area contributed by atoms with E-state index in [1.165, 1.54) is 0 Å². The summed E-state index contributed by atoms with van der Waals surface area (Å²) < 4.78 is 5.75. The Morgan fingerprint density at radius 3 is 2.71 bits per heavy atom. The van der Waals surface area contributed by atoms with Gasteiger partial charge in [0.15, 0.2) is 0 Å². The van der Waals surface area contributed by atoms with Gasteiger partial charge in [0, 0.05) is 19.5 Å². The Bertz CT molecular complexity index is 315. The standard InChI is InChI=1S/C16H32N2O3/c1-4-5-13(8-9-17)6-7-15(20)18-10-14(11-19)21-16(2,3)12-18/h13-14,19H,4-12,17H2,1-3H3. The Kier molecular flexibility index (Phi) is 7.63. The Balaban J connectivity index is 2.49. The quantitative estimate of drug-likeness (QED) is 0.713. The number of aliphatic hydroxyl groups is 1. The Morgan fingerprint density at radius 1 is 1.43 bits per heavy atom. The van der Waals surface area contributed by atoms with Gasteiger partial charge in [0.25, 0.3) is 0 Å². The molecule has 0 aromatic rings. The van der Waals surface area contributed by atoms with Crippen molar-refractivity contribution < 1.29 is 14.6 Å². The number of carbonyl (C=O) groups excluding carboxylic acids is 1. The number of rotatable bonds is 8. The molecule has 0 spiro atoms. The molecule has 2 unspecified atom stereocenters. The van der Waals surface area contributed by atoms with Gasteiger partial charge >= 0.3 is 0 Å². The molecule has 1 saturated heterocycles. The number of nitrogens with zero attached hydrogens (tertiary/aromatic N) is 1. The van der Waals surface area contributed by atoms with Crippen LogP contribution >= 0.6 is 0 Å². The molecule has 3 N–H and O–H groups in total. The maximum atomic E-state index is 12.4. The minimum atomic E-state index is -0.388. The minimum Gasteiger partial charge on any atom is -0.394 e. The van der Waals surface area contributed by atoms with Gasteiger partial charge in [-0.25, -0.2) is 0 Å². The molecule has 0 aromatic carbocycles. The van der Waals surface area contributed by atoms with E-state index in [0.717, 1.165) is 25.7 Å².